The van der Waals surface area contributed by atoms with Gasteiger partial charge in [-0.3, -0.25) is 0 Å². The van der Waals surface area contributed by atoms with Gasteiger partial charge >= 0.3 is 82.0 Å². The zero-order chi connectivity index (χ0) is 9.97. The Hall–Kier alpha value is -1.77. The summed E-state index contributed by atoms with van der Waals surface area (Å²) < 4.78 is 0. The van der Waals surface area contributed by atoms with Gasteiger partial charge in [-0.25, -0.2) is 0 Å². The van der Waals surface area contributed by atoms with Crippen molar-refractivity contribution in [2.45, 2.75) is 0 Å². The minimum atomic E-state index is -0.0913. The average molecular weight is 184 g/mol. The van der Waals surface area contributed by atoms with Crippen LogP contribution in [0.15, 0.2) is 42.4 Å². The van der Waals surface area contributed by atoms with Gasteiger partial charge in [-0.15, -0.1) is 0 Å². The predicted octanol–water partition coefficient (Wildman–Crippen LogP) is 2.10. The van der Waals surface area contributed by atoms with Crippen molar-refractivity contribution in [2.75, 3.05) is 0 Å². The van der Waals surface area contributed by atoms with Gasteiger partial charge in [0.2, 0.25) is 0 Å². The molecule has 1 aromatic carbocycles. The summed E-state index contributed by atoms with van der Waals surface area (Å²) in [7, 11) is 0. The third kappa shape index (κ3) is 1.49. The van der Waals surface area contributed by atoms with Crippen molar-refractivity contribution in [2.24, 2.45) is 0 Å². The van der Waals surface area contributed by atoms with E-state index in [-0.39, 0.29) is 11.4 Å². The first kappa shape index (κ1) is 8.82. The minimum absolute atomic E-state index is 0.0706. The van der Waals surface area contributed by atoms with E-state index in [2.05, 4.69) is 0 Å². The summed E-state index contributed by atoms with van der Waals surface area (Å²) in [6.45, 7) is 1.46. The molecule has 2 rings (SSSR count). The number of hydrogen-bond donors (Lipinski definition) is 2. The molecule has 0 aliphatic carbocycles. The molecule has 1 heterocycles. The van der Waals surface area contributed by atoms with Gasteiger partial charge in [0, 0.05) is 0 Å². The van der Waals surface area contributed by atoms with Gasteiger partial charge < -0.3 is 0 Å². The van der Waals surface area contributed by atoms with Crippen molar-refractivity contribution in [3.8, 4) is 22.5 Å². The Balaban J connectivity index is 2.58. The van der Waals surface area contributed by atoms with E-state index in [0.29, 0.717) is 5.56 Å². The summed E-state index contributed by atoms with van der Waals surface area (Å²) in [5.41, 5.74) is 1.44. The van der Waals surface area contributed by atoms with E-state index in [4.69, 9.17) is 0 Å². The van der Waals surface area contributed by atoms with Gasteiger partial charge in [0.1, 0.15) is 0 Å². The average Bonchev–Trinajstić information content (AvgIpc) is 2.23. The van der Waals surface area contributed by atoms with Crippen LogP contribution >= 0.6 is 0 Å². The molecule has 0 aliphatic heterocycles. The molecule has 14 heavy (non-hydrogen) atoms. The quantitative estimate of drug-likeness (QED) is 0.712. The van der Waals surface area contributed by atoms with E-state index in [1.807, 2.05) is 30.3 Å². The Morgan fingerprint density at radius 1 is 0.929 bits per heavy atom. The standard InChI is InChI=1S/C11H9BO2/c13-10-9(6-7-12-11(10)14)8-4-2-1-3-5-8/h1-7,13-14H. The van der Waals surface area contributed by atoms with E-state index in [1.54, 1.807) is 12.0 Å². The molecule has 1 aromatic heterocycles. The summed E-state index contributed by atoms with van der Waals surface area (Å²) in [4.78, 5) is 0. The third-order valence-electron chi connectivity index (χ3n) is 2.10. The van der Waals surface area contributed by atoms with Crippen LogP contribution in [0.25, 0.3) is 11.1 Å². The Morgan fingerprint density at radius 2 is 1.64 bits per heavy atom. The monoisotopic (exact) mass is 184 g/mol. The zero-order valence-electron chi connectivity index (χ0n) is 7.51. The molecule has 0 saturated carbocycles. The van der Waals surface area contributed by atoms with Crippen LogP contribution in [0.5, 0.6) is 11.4 Å². The van der Waals surface area contributed by atoms with Crippen LogP contribution in [0.4, 0.5) is 0 Å². The van der Waals surface area contributed by atoms with E-state index >= 15 is 0 Å². The van der Waals surface area contributed by atoms with Crippen molar-refractivity contribution in [3.63, 3.8) is 0 Å². The summed E-state index contributed by atoms with van der Waals surface area (Å²) >= 11 is 0. The molecule has 0 amide bonds. The fourth-order valence-electron chi connectivity index (χ4n) is 1.38. The molecule has 2 N–H and O–H groups in total. The fraction of sp³-hybridized carbons (Fsp3) is 0. The second-order valence-corrected chi connectivity index (χ2v) is 3.04. The van der Waals surface area contributed by atoms with Crippen molar-refractivity contribution < 1.29 is 10.2 Å². The SMILES string of the molecule is Oc1bccc(-c2ccccc2)c1O. The number of benzene rings is 1. The maximum absolute atomic E-state index is 9.60. The number of hydrogen-bond acceptors (Lipinski definition) is 2. The topological polar surface area (TPSA) is 40.5 Å². The van der Waals surface area contributed by atoms with Crippen molar-refractivity contribution in [1.29, 1.82) is 0 Å². The van der Waals surface area contributed by atoms with Crippen molar-refractivity contribution >= 4 is 6.91 Å². The van der Waals surface area contributed by atoms with E-state index in [0.717, 1.165) is 5.56 Å². The van der Waals surface area contributed by atoms with Gasteiger partial charge in [0.15, 0.2) is 0 Å². The van der Waals surface area contributed by atoms with Crippen LogP contribution in [0.3, 0.4) is 0 Å². The summed E-state index contributed by atoms with van der Waals surface area (Å²) in [5, 5.41) is 18.9. The van der Waals surface area contributed by atoms with Crippen LogP contribution in [0.1, 0.15) is 0 Å². The number of aromatic hydroxyl groups is 2. The third-order valence-corrected chi connectivity index (χ3v) is 2.10. The molecule has 68 valence electrons. The van der Waals surface area contributed by atoms with Gasteiger partial charge in [0.25, 0.3) is 0 Å². The van der Waals surface area contributed by atoms with Crippen LogP contribution < -0.4 is 0 Å². The second-order valence-electron chi connectivity index (χ2n) is 3.04. The van der Waals surface area contributed by atoms with Crippen LogP contribution in [-0.4, -0.2) is 17.1 Å². The molecule has 0 aliphatic rings. The summed E-state index contributed by atoms with van der Waals surface area (Å²) in [5.74, 6) is 1.64. The molecule has 0 radical (unpaired) electrons. The van der Waals surface area contributed by atoms with E-state index in [1.165, 1.54) is 6.91 Å². The molecular formula is C11H9BO2. The zero-order valence-corrected chi connectivity index (χ0v) is 7.51. The molecule has 0 fully saturated rings. The molecule has 0 atom stereocenters. The molecule has 3 heteroatoms. The maximum atomic E-state index is 9.60. The molecular weight excluding hydrogens is 175 g/mol. The van der Waals surface area contributed by atoms with Gasteiger partial charge in [0.05, 0.1) is 0 Å². The van der Waals surface area contributed by atoms with E-state index in [9.17, 15) is 10.2 Å². The first-order valence-corrected chi connectivity index (χ1v) is 4.35. The van der Waals surface area contributed by atoms with Crippen LogP contribution in [0, 0.1) is 0 Å². The van der Waals surface area contributed by atoms with Crippen molar-refractivity contribution in [1.82, 2.24) is 0 Å². The molecule has 0 saturated heterocycles. The first-order valence-electron chi connectivity index (χ1n) is 4.35. The van der Waals surface area contributed by atoms with E-state index < -0.39 is 0 Å². The normalized spacial score (nSPS) is 9.71. The Labute approximate surface area is 82.7 Å². The van der Waals surface area contributed by atoms with Crippen LogP contribution in [-0.2, 0) is 0 Å². The Morgan fingerprint density at radius 3 is 2.36 bits per heavy atom. The molecule has 0 unspecified atom stereocenters. The van der Waals surface area contributed by atoms with Crippen LogP contribution in [0.2, 0.25) is 0 Å². The Bertz CT molecular complexity index is 440. The second kappa shape index (κ2) is 3.54. The summed E-state index contributed by atoms with van der Waals surface area (Å²) in [6.07, 6.45) is 0. The van der Waals surface area contributed by atoms with Crippen molar-refractivity contribution in [3.05, 3.63) is 42.4 Å². The number of rotatable bonds is 1. The molecule has 0 bridgehead atoms. The fourth-order valence-corrected chi connectivity index (χ4v) is 1.38. The molecule has 2 nitrogen and oxygen atoms in total. The Kier molecular flexibility index (Phi) is 2.23. The predicted molar refractivity (Wildman–Crippen MR) is 56.6 cm³/mol. The van der Waals surface area contributed by atoms with Gasteiger partial charge in [-0.1, -0.05) is 0 Å². The van der Waals surface area contributed by atoms with Gasteiger partial charge in [-0.2, -0.15) is 0 Å². The summed E-state index contributed by atoms with van der Waals surface area (Å²) in [6, 6.07) is 11.2. The molecule has 0 spiro atoms. The first-order chi connectivity index (χ1) is 6.79. The molecule has 2 aromatic rings. The van der Waals surface area contributed by atoms with Gasteiger partial charge in [-0.05, 0) is 0 Å².